The van der Waals surface area contributed by atoms with Gasteiger partial charge in [0.2, 0.25) is 5.91 Å². The number of nitrogens with one attached hydrogen (secondary N) is 1. The number of carbonyl (C=O) groups is 3. The molecule has 1 heterocycles. The van der Waals surface area contributed by atoms with Crippen LogP contribution in [0.4, 0.5) is 5.69 Å². The van der Waals surface area contributed by atoms with E-state index in [4.69, 9.17) is 26.3 Å². The monoisotopic (exact) mass is 379 g/mol. The van der Waals surface area contributed by atoms with Crippen molar-refractivity contribution in [1.29, 1.82) is 5.26 Å². The lowest BCUT2D eigenvalue weighted by Gasteiger charge is -2.19. The number of ether oxygens (including phenoxy) is 2. The maximum absolute atomic E-state index is 12.3. The summed E-state index contributed by atoms with van der Waals surface area (Å²) in [7, 11) is 1.48. The number of methoxy groups -OCH3 is 1. The number of nitrogens with zero attached hydrogens (tertiary/aromatic N) is 2. The van der Waals surface area contributed by atoms with Crippen molar-refractivity contribution in [2.75, 3.05) is 31.7 Å². The standard InChI is InChI=1S/C17H18ClN3O5/c1-25-14-4-3-12(18)8-13(14)21-9-11(7-16(21)23)17(24)26-10-15(22)20-6-2-5-19/h3-4,8,11H,2,6-7,9-10H2,1H3,(H,20,22)/t11-/m0/s1. The minimum atomic E-state index is -0.682. The second-order valence-electron chi connectivity index (χ2n) is 5.59. The van der Waals surface area contributed by atoms with Gasteiger partial charge in [0.05, 0.1) is 31.2 Å². The number of esters is 1. The highest BCUT2D eigenvalue weighted by Gasteiger charge is 2.37. The van der Waals surface area contributed by atoms with Gasteiger partial charge in [-0.15, -0.1) is 0 Å². The summed E-state index contributed by atoms with van der Waals surface area (Å²) in [5.74, 6) is -1.60. The third kappa shape index (κ3) is 4.86. The smallest absolute Gasteiger partial charge is 0.311 e. The second kappa shape index (κ2) is 9.06. The SMILES string of the molecule is COc1ccc(Cl)cc1N1C[C@@H](C(=O)OCC(=O)NCCC#N)CC1=O. The van der Waals surface area contributed by atoms with E-state index >= 15 is 0 Å². The van der Waals surface area contributed by atoms with Crippen LogP contribution in [0.2, 0.25) is 5.02 Å². The molecule has 1 aliphatic heterocycles. The lowest BCUT2D eigenvalue weighted by Crippen LogP contribution is -2.31. The summed E-state index contributed by atoms with van der Waals surface area (Å²) >= 11 is 5.99. The third-order valence-electron chi connectivity index (χ3n) is 3.79. The molecule has 1 atom stereocenters. The molecular weight excluding hydrogens is 362 g/mol. The summed E-state index contributed by atoms with van der Waals surface area (Å²) in [6.07, 6.45) is 0.151. The number of halogens is 1. The van der Waals surface area contributed by atoms with Gasteiger partial charge in [-0.2, -0.15) is 5.26 Å². The van der Waals surface area contributed by atoms with E-state index in [1.165, 1.54) is 12.0 Å². The first kappa shape index (κ1) is 19.5. The molecule has 2 rings (SSSR count). The first-order valence-electron chi connectivity index (χ1n) is 7.90. The molecular formula is C17H18ClN3O5. The van der Waals surface area contributed by atoms with Crippen molar-refractivity contribution in [2.45, 2.75) is 12.8 Å². The van der Waals surface area contributed by atoms with Crippen molar-refractivity contribution in [3.05, 3.63) is 23.2 Å². The molecule has 1 saturated heterocycles. The Morgan fingerprint density at radius 2 is 2.23 bits per heavy atom. The van der Waals surface area contributed by atoms with Crippen LogP contribution in [0.15, 0.2) is 18.2 Å². The number of rotatable bonds is 7. The van der Waals surface area contributed by atoms with Crippen molar-refractivity contribution < 1.29 is 23.9 Å². The normalized spacial score (nSPS) is 16.1. The van der Waals surface area contributed by atoms with Crippen LogP contribution in [-0.4, -0.2) is 44.6 Å². The van der Waals surface area contributed by atoms with Gasteiger partial charge >= 0.3 is 5.97 Å². The van der Waals surface area contributed by atoms with E-state index in [0.717, 1.165) is 0 Å². The Bertz CT molecular complexity index is 746. The van der Waals surface area contributed by atoms with Crippen LogP contribution in [0.3, 0.4) is 0 Å². The van der Waals surface area contributed by atoms with E-state index in [0.29, 0.717) is 16.5 Å². The minimum Gasteiger partial charge on any atom is -0.495 e. The van der Waals surface area contributed by atoms with Gasteiger partial charge < -0.3 is 19.7 Å². The summed E-state index contributed by atoms with van der Waals surface area (Å²) in [6.45, 7) is -0.142. The van der Waals surface area contributed by atoms with Crippen LogP contribution < -0.4 is 15.0 Å². The number of hydrogen-bond acceptors (Lipinski definition) is 6. The Labute approximate surface area is 155 Å². The van der Waals surface area contributed by atoms with E-state index < -0.39 is 24.4 Å². The number of carbonyl (C=O) groups excluding carboxylic acids is 3. The molecule has 0 spiro atoms. The van der Waals surface area contributed by atoms with Crippen molar-refractivity contribution in [3.63, 3.8) is 0 Å². The summed E-state index contributed by atoms with van der Waals surface area (Å²) in [5.41, 5.74) is 0.481. The molecule has 9 heteroatoms. The Balaban J connectivity index is 1.95. The summed E-state index contributed by atoms with van der Waals surface area (Å²) < 4.78 is 10.2. The molecule has 138 valence electrons. The van der Waals surface area contributed by atoms with Crippen molar-refractivity contribution in [2.24, 2.45) is 5.92 Å². The minimum absolute atomic E-state index is 0.0233. The zero-order valence-corrected chi connectivity index (χ0v) is 14.9. The highest BCUT2D eigenvalue weighted by Crippen LogP contribution is 2.35. The van der Waals surface area contributed by atoms with Crippen LogP contribution in [-0.2, 0) is 19.1 Å². The molecule has 1 aromatic rings. The highest BCUT2D eigenvalue weighted by atomic mass is 35.5. The Morgan fingerprint density at radius 3 is 2.92 bits per heavy atom. The zero-order valence-electron chi connectivity index (χ0n) is 14.2. The maximum Gasteiger partial charge on any atom is 0.311 e. The first-order valence-corrected chi connectivity index (χ1v) is 8.28. The summed E-state index contributed by atoms with van der Waals surface area (Å²) in [4.78, 5) is 37.3. The fourth-order valence-corrected chi connectivity index (χ4v) is 2.70. The van der Waals surface area contributed by atoms with E-state index in [1.54, 1.807) is 18.2 Å². The molecule has 2 amide bonds. The number of hydrogen-bond donors (Lipinski definition) is 1. The first-order chi connectivity index (χ1) is 12.5. The maximum atomic E-state index is 12.3. The highest BCUT2D eigenvalue weighted by molar-refractivity contribution is 6.31. The Kier molecular flexibility index (Phi) is 6.81. The van der Waals surface area contributed by atoms with E-state index in [1.807, 2.05) is 6.07 Å². The average Bonchev–Trinajstić information content (AvgIpc) is 3.01. The van der Waals surface area contributed by atoms with Gasteiger partial charge in [0.1, 0.15) is 5.75 Å². The molecule has 0 radical (unpaired) electrons. The molecule has 0 unspecified atom stereocenters. The number of nitriles is 1. The van der Waals surface area contributed by atoms with Gasteiger partial charge in [-0.1, -0.05) is 11.6 Å². The van der Waals surface area contributed by atoms with Crippen LogP contribution in [0.25, 0.3) is 0 Å². The van der Waals surface area contributed by atoms with Crippen molar-refractivity contribution in [1.82, 2.24) is 5.32 Å². The van der Waals surface area contributed by atoms with Gasteiger partial charge in [0.15, 0.2) is 6.61 Å². The van der Waals surface area contributed by atoms with E-state index in [2.05, 4.69) is 5.32 Å². The van der Waals surface area contributed by atoms with Gasteiger partial charge in [-0.3, -0.25) is 14.4 Å². The van der Waals surface area contributed by atoms with Crippen molar-refractivity contribution in [3.8, 4) is 11.8 Å². The fraction of sp³-hybridized carbons (Fsp3) is 0.412. The number of anilines is 1. The predicted octanol–water partition coefficient (Wildman–Crippen LogP) is 1.27. The van der Waals surface area contributed by atoms with Crippen LogP contribution in [0, 0.1) is 17.2 Å². The quantitative estimate of drug-likeness (QED) is 0.564. The molecule has 1 N–H and O–H groups in total. The molecule has 1 aliphatic rings. The molecule has 0 aromatic heterocycles. The number of benzene rings is 1. The summed E-state index contributed by atoms with van der Waals surface area (Å²) in [5, 5.41) is 11.3. The third-order valence-corrected chi connectivity index (χ3v) is 4.03. The van der Waals surface area contributed by atoms with Crippen LogP contribution in [0.5, 0.6) is 5.75 Å². The second-order valence-corrected chi connectivity index (χ2v) is 6.02. The molecule has 8 nitrogen and oxygen atoms in total. The van der Waals surface area contributed by atoms with Gasteiger partial charge in [-0.05, 0) is 18.2 Å². The van der Waals surface area contributed by atoms with Crippen LogP contribution >= 0.6 is 11.6 Å². The van der Waals surface area contributed by atoms with Crippen LogP contribution in [0.1, 0.15) is 12.8 Å². The Morgan fingerprint density at radius 1 is 1.46 bits per heavy atom. The number of amides is 2. The van der Waals surface area contributed by atoms with Gasteiger partial charge in [0, 0.05) is 24.5 Å². The fourth-order valence-electron chi connectivity index (χ4n) is 2.54. The molecule has 0 bridgehead atoms. The van der Waals surface area contributed by atoms with Crippen molar-refractivity contribution >= 4 is 35.1 Å². The molecule has 0 saturated carbocycles. The predicted molar refractivity (Wildman–Crippen MR) is 92.7 cm³/mol. The largest absolute Gasteiger partial charge is 0.495 e. The zero-order chi connectivity index (χ0) is 19.1. The molecule has 1 aromatic carbocycles. The average molecular weight is 380 g/mol. The lowest BCUT2D eigenvalue weighted by atomic mass is 10.1. The molecule has 1 fully saturated rings. The Hall–Kier alpha value is -2.79. The topological polar surface area (TPSA) is 109 Å². The lowest BCUT2D eigenvalue weighted by molar-refractivity contribution is -0.152. The molecule has 0 aliphatic carbocycles. The van der Waals surface area contributed by atoms with Gasteiger partial charge in [-0.25, -0.2) is 0 Å². The summed E-state index contributed by atoms with van der Waals surface area (Å²) in [6, 6.07) is 6.76. The van der Waals surface area contributed by atoms with Gasteiger partial charge in [0.25, 0.3) is 5.91 Å². The van der Waals surface area contributed by atoms with E-state index in [9.17, 15) is 14.4 Å². The molecule has 26 heavy (non-hydrogen) atoms. The van der Waals surface area contributed by atoms with E-state index in [-0.39, 0.29) is 31.8 Å².